The molecule has 1 N–H and O–H groups in total. The first-order valence-corrected chi connectivity index (χ1v) is 12.2. The summed E-state index contributed by atoms with van der Waals surface area (Å²) in [5.74, 6) is 0.231. The Morgan fingerprint density at radius 3 is 2.42 bits per heavy atom. The summed E-state index contributed by atoms with van der Waals surface area (Å²) in [6.45, 7) is 1.60. The van der Waals surface area contributed by atoms with Crippen molar-refractivity contribution in [2.24, 2.45) is 0 Å². The minimum atomic E-state index is -4.87. The zero-order valence-corrected chi connectivity index (χ0v) is 20.4. The number of aryl methyl sites for hydroxylation is 1. The fourth-order valence-electron chi connectivity index (χ4n) is 3.53. The Morgan fingerprint density at radius 2 is 1.85 bits per heavy atom. The van der Waals surface area contributed by atoms with E-state index in [2.05, 4.69) is 30.7 Å². The second kappa shape index (κ2) is 8.12. The van der Waals surface area contributed by atoms with Gasteiger partial charge in [-0.15, -0.1) is 13.2 Å². The first-order valence-electron chi connectivity index (χ1n) is 9.18. The predicted molar refractivity (Wildman–Crippen MR) is 117 cm³/mol. The third kappa shape index (κ3) is 4.72. The summed E-state index contributed by atoms with van der Waals surface area (Å²) in [6, 6.07) is 6.38. The molecule has 3 aromatic rings. The third-order valence-corrected chi connectivity index (χ3v) is 7.25. The zero-order chi connectivity index (χ0) is 24.3. The Kier molecular flexibility index (Phi) is 5.97. The lowest BCUT2D eigenvalue weighted by molar-refractivity contribution is -0.275. The van der Waals surface area contributed by atoms with E-state index in [0.717, 1.165) is 6.07 Å². The Balaban J connectivity index is 1.81. The number of hydrogen-bond donors (Lipinski definition) is 1. The standard InChI is InChI=1S/C19H13BrCl2F3N3O4S/c1-9-26-17(27-28(9)14-7-13(22)16(8-12(14)21)33(29,30)31)18(4-5-18)11-6-10(20)2-3-15(11)32-19(23,24)25/h2-3,6-8H,4-5H2,1H3,(H,29,30,31). The van der Waals surface area contributed by atoms with Crippen molar-refractivity contribution < 1.29 is 30.9 Å². The maximum absolute atomic E-state index is 13.0. The van der Waals surface area contributed by atoms with Gasteiger partial charge in [0, 0.05) is 10.0 Å². The largest absolute Gasteiger partial charge is 0.573 e. The Labute approximate surface area is 204 Å². The molecule has 1 fully saturated rings. The molecule has 0 amide bonds. The average Bonchev–Trinajstić information content (AvgIpc) is 3.39. The highest BCUT2D eigenvalue weighted by atomic mass is 79.9. The summed E-state index contributed by atoms with van der Waals surface area (Å²) < 4.78 is 77.2. The molecule has 0 radical (unpaired) electrons. The van der Waals surface area contributed by atoms with E-state index in [1.807, 2.05) is 0 Å². The fourth-order valence-corrected chi connectivity index (χ4v) is 5.22. The van der Waals surface area contributed by atoms with Crippen molar-refractivity contribution in [2.45, 2.75) is 36.4 Å². The van der Waals surface area contributed by atoms with Gasteiger partial charge in [-0.05, 0) is 50.1 Å². The van der Waals surface area contributed by atoms with Gasteiger partial charge in [0.15, 0.2) is 5.82 Å². The molecule has 1 aliphatic rings. The van der Waals surface area contributed by atoms with Crippen LogP contribution in [0.25, 0.3) is 5.69 Å². The molecule has 0 atom stereocenters. The molecule has 0 bridgehead atoms. The average molecular weight is 587 g/mol. The van der Waals surface area contributed by atoms with E-state index in [1.54, 1.807) is 6.92 Å². The smallest absolute Gasteiger partial charge is 0.405 e. The van der Waals surface area contributed by atoms with Crippen LogP contribution < -0.4 is 4.74 Å². The second-order valence-corrected chi connectivity index (χ2v) is 10.5. The lowest BCUT2D eigenvalue weighted by Gasteiger charge is -2.19. The number of hydrogen-bond acceptors (Lipinski definition) is 5. The van der Waals surface area contributed by atoms with Gasteiger partial charge in [0.2, 0.25) is 0 Å². The lowest BCUT2D eigenvalue weighted by atomic mass is 9.94. The summed E-state index contributed by atoms with van der Waals surface area (Å²) >= 11 is 15.5. The second-order valence-electron chi connectivity index (χ2n) is 7.37. The molecular weight excluding hydrogens is 574 g/mol. The quantitative estimate of drug-likeness (QED) is 0.376. The van der Waals surface area contributed by atoms with E-state index in [-0.39, 0.29) is 32.9 Å². The van der Waals surface area contributed by atoms with Gasteiger partial charge in [-0.2, -0.15) is 13.5 Å². The number of rotatable bonds is 5. The molecule has 0 unspecified atom stereocenters. The number of nitrogens with zero attached hydrogens (tertiary/aromatic N) is 3. The van der Waals surface area contributed by atoms with Crippen LogP contribution in [-0.2, 0) is 15.5 Å². The molecule has 1 heterocycles. The highest BCUT2D eigenvalue weighted by Crippen LogP contribution is 2.56. The Morgan fingerprint density at radius 1 is 1.18 bits per heavy atom. The van der Waals surface area contributed by atoms with E-state index >= 15 is 0 Å². The van der Waals surface area contributed by atoms with Crippen molar-refractivity contribution in [1.29, 1.82) is 0 Å². The summed E-state index contributed by atoms with van der Waals surface area (Å²) in [5.41, 5.74) is -0.454. The van der Waals surface area contributed by atoms with Crippen molar-refractivity contribution in [2.75, 3.05) is 0 Å². The highest BCUT2D eigenvalue weighted by Gasteiger charge is 2.52. The van der Waals surface area contributed by atoms with Crippen molar-refractivity contribution in [3.8, 4) is 11.4 Å². The molecule has 0 aliphatic heterocycles. The van der Waals surface area contributed by atoms with E-state index < -0.39 is 26.8 Å². The van der Waals surface area contributed by atoms with Crippen LogP contribution in [0.15, 0.2) is 39.7 Å². The van der Waals surface area contributed by atoms with Gasteiger partial charge >= 0.3 is 6.36 Å². The SMILES string of the molecule is Cc1nc(C2(c3cc(Br)ccc3OC(F)(F)F)CC2)nn1-c1cc(Cl)c(S(=O)(=O)O)cc1Cl. The number of aromatic nitrogens is 3. The van der Waals surface area contributed by atoms with Crippen LogP contribution in [0, 0.1) is 6.92 Å². The molecule has 1 saturated carbocycles. The summed E-state index contributed by atoms with van der Waals surface area (Å²) in [6.07, 6.45) is -3.91. The van der Waals surface area contributed by atoms with Crippen LogP contribution in [0.3, 0.4) is 0 Å². The maximum atomic E-state index is 13.0. The minimum Gasteiger partial charge on any atom is -0.405 e. The van der Waals surface area contributed by atoms with Gasteiger partial charge in [0.1, 0.15) is 16.5 Å². The van der Waals surface area contributed by atoms with Gasteiger partial charge in [-0.1, -0.05) is 39.1 Å². The highest BCUT2D eigenvalue weighted by molar-refractivity contribution is 9.10. The third-order valence-electron chi connectivity index (χ3n) is 5.14. The van der Waals surface area contributed by atoms with E-state index in [0.29, 0.717) is 23.1 Å². The first-order chi connectivity index (χ1) is 15.2. The van der Waals surface area contributed by atoms with Crippen LogP contribution >= 0.6 is 39.1 Å². The molecule has 33 heavy (non-hydrogen) atoms. The fraction of sp³-hybridized carbons (Fsp3) is 0.263. The van der Waals surface area contributed by atoms with Crippen LogP contribution in [0.4, 0.5) is 13.2 Å². The number of alkyl halides is 3. The van der Waals surface area contributed by atoms with Crippen LogP contribution in [0.2, 0.25) is 10.0 Å². The molecule has 4 rings (SSSR count). The monoisotopic (exact) mass is 585 g/mol. The molecule has 14 heteroatoms. The van der Waals surface area contributed by atoms with Crippen LogP contribution in [0.1, 0.15) is 30.1 Å². The van der Waals surface area contributed by atoms with Crippen molar-refractivity contribution in [3.63, 3.8) is 0 Å². The molecular formula is C19H13BrCl2F3N3O4S. The molecule has 7 nitrogen and oxygen atoms in total. The normalized spacial score (nSPS) is 15.5. The summed E-state index contributed by atoms with van der Waals surface area (Å²) in [7, 11) is -4.60. The van der Waals surface area contributed by atoms with Gasteiger partial charge in [-0.25, -0.2) is 9.67 Å². The lowest BCUT2D eigenvalue weighted by Crippen LogP contribution is -2.21. The van der Waals surface area contributed by atoms with E-state index in [9.17, 15) is 26.1 Å². The molecule has 1 aliphatic carbocycles. The van der Waals surface area contributed by atoms with Gasteiger partial charge in [-0.3, -0.25) is 4.55 Å². The molecule has 1 aromatic heterocycles. The topological polar surface area (TPSA) is 94.3 Å². The van der Waals surface area contributed by atoms with Crippen molar-refractivity contribution in [3.05, 3.63) is 62.1 Å². The van der Waals surface area contributed by atoms with E-state index in [4.69, 9.17) is 23.2 Å². The van der Waals surface area contributed by atoms with Crippen molar-refractivity contribution >= 4 is 49.2 Å². The molecule has 0 saturated heterocycles. The first kappa shape index (κ1) is 24.3. The number of ether oxygens (including phenoxy) is 1. The molecule has 0 spiro atoms. The Bertz CT molecular complexity index is 1380. The van der Waals surface area contributed by atoms with Gasteiger partial charge in [0.25, 0.3) is 10.1 Å². The zero-order valence-electron chi connectivity index (χ0n) is 16.5. The van der Waals surface area contributed by atoms with Gasteiger partial charge < -0.3 is 4.74 Å². The summed E-state index contributed by atoms with van der Waals surface area (Å²) in [5, 5.41) is 4.08. The van der Waals surface area contributed by atoms with Crippen LogP contribution in [-0.4, -0.2) is 34.1 Å². The number of halogens is 6. The summed E-state index contributed by atoms with van der Waals surface area (Å²) in [4.78, 5) is 3.87. The number of benzene rings is 2. The van der Waals surface area contributed by atoms with Crippen LogP contribution in [0.5, 0.6) is 5.75 Å². The maximum Gasteiger partial charge on any atom is 0.573 e. The molecule has 176 valence electrons. The Hall–Kier alpha value is -1.86. The van der Waals surface area contributed by atoms with Crippen molar-refractivity contribution in [1.82, 2.24) is 14.8 Å². The van der Waals surface area contributed by atoms with E-state index in [1.165, 1.54) is 28.9 Å². The molecule has 2 aromatic carbocycles. The minimum absolute atomic E-state index is 0.0834. The predicted octanol–water partition coefficient (Wildman–Crippen LogP) is 5.87. The van der Waals surface area contributed by atoms with Gasteiger partial charge in [0.05, 0.1) is 21.1 Å².